The number of rotatable bonds is 6. The Hall–Kier alpha value is -1.32. The van der Waals surface area contributed by atoms with Crippen molar-refractivity contribution in [3.63, 3.8) is 0 Å². The fourth-order valence-corrected chi connectivity index (χ4v) is 2.68. The van der Waals surface area contributed by atoms with E-state index in [0.29, 0.717) is 0 Å². The van der Waals surface area contributed by atoms with Gasteiger partial charge in [-0.2, -0.15) is 0 Å². The normalized spacial score (nSPS) is 16.2. The molecule has 0 amide bonds. The summed E-state index contributed by atoms with van der Waals surface area (Å²) in [5, 5.41) is 6.91. The molecule has 21 heavy (non-hydrogen) atoms. The van der Waals surface area contributed by atoms with E-state index in [2.05, 4.69) is 43.3 Å². The van der Waals surface area contributed by atoms with Crippen LogP contribution in [0.4, 0.5) is 11.6 Å². The van der Waals surface area contributed by atoms with Gasteiger partial charge >= 0.3 is 0 Å². The summed E-state index contributed by atoms with van der Waals surface area (Å²) in [4.78, 5) is 9.37. The van der Waals surface area contributed by atoms with E-state index in [4.69, 9.17) is 4.98 Å². The van der Waals surface area contributed by atoms with E-state index in [1.54, 1.807) is 0 Å². The predicted octanol–water partition coefficient (Wildman–Crippen LogP) is 4.20. The highest BCUT2D eigenvalue weighted by molar-refractivity contribution is 5.48. The fraction of sp³-hybridized carbons (Fsp3) is 0.765. The summed E-state index contributed by atoms with van der Waals surface area (Å²) in [5.74, 6) is 3.61. The molecule has 0 saturated heterocycles. The highest BCUT2D eigenvalue weighted by atomic mass is 15.1. The van der Waals surface area contributed by atoms with Gasteiger partial charge in [0, 0.05) is 24.6 Å². The van der Waals surface area contributed by atoms with Gasteiger partial charge in [0.1, 0.15) is 17.5 Å². The van der Waals surface area contributed by atoms with Crippen LogP contribution in [-0.2, 0) is 5.41 Å². The molecule has 1 saturated carbocycles. The number of nitrogens with one attached hydrogen (secondary N) is 2. The van der Waals surface area contributed by atoms with Crippen molar-refractivity contribution in [2.24, 2.45) is 5.92 Å². The molecule has 0 spiro atoms. The topological polar surface area (TPSA) is 49.8 Å². The molecule has 4 nitrogen and oxygen atoms in total. The highest BCUT2D eigenvalue weighted by Gasteiger charge is 2.20. The van der Waals surface area contributed by atoms with Crippen molar-refractivity contribution in [1.29, 1.82) is 0 Å². The Labute approximate surface area is 129 Å². The first-order valence-electron chi connectivity index (χ1n) is 8.36. The van der Waals surface area contributed by atoms with Gasteiger partial charge in [-0.05, 0) is 25.2 Å². The van der Waals surface area contributed by atoms with E-state index in [1.165, 1.54) is 25.7 Å². The largest absolute Gasteiger partial charge is 0.370 e. The molecule has 2 N–H and O–H groups in total. The highest BCUT2D eigenvalue weighted by Crippen LogP contribution is 2.26. The van der Waals surface area contributed by atoms with Crippen LogP contribution in [0.3, 0.4) is 0 Å². The maximum Gasteiger partial charge on any atom is 0.138 e. The van der Waals surface area contributed by atoms with Gasteiger partial charge in [0.05, 0.1) is 0 Å². The summed E-state index contributed by atoms with van der Waals surface area (Å²) in [5.41, 5.74) is -0.0340. The van der Waals surface area contributed by atoms with E-state index in [1.807, 2.05) is 6.07 Å². The first kappa shape index (κ1) is 16.1. The van der Waals surface area contributed by atoms with Crippen LogP contribution in [0.15, 0.2) is 6.07 Å². The Kier molecular flexibility index (Phi) is 5.43. The lowest BCUT2D eigenvalue weighted by molar-refractivity contribution is 0.544. The van der Waals surface area contributed by atoms with E-state index in [0.717, 1.165) is 42.9 Å². The number of nitrogens with zero attached hydrogens (tertiary/aromatic N) is 2. The monoisotopic (exact) mass is 290 g/mol. The zero-order valence-corrected chi connectivity index (χ0v) is 14.0. The molecular weight excluding hydrogens is 260 g/mol. The van der Waals surface area contributed by atoms with Gasteiger partial charge in [-0.25, -0.2) is 9.97 Å². The van der Waals surface area contributed by atoms with Gasteiger partial charge in [-0.3, -0.25) is 0 Å². The third-order valence-electron chi connectivity index (χ3n) is 4.00. The van der Waals surface area contributed by atoms with Crippen LogP contribution in [0.25, 0.3) is 0 Å². The van der Waals surface area contributed by atoms with Gasteiger partial charge < -0.3 is 10.6 Å². The smallest absolute Gasteiger partial charge is 0.138 e. The molecule has 1 aromatic rings. The average Bonchev–Trinajstić information content (AvgIpc) is 2.95. The third kappa shape index (κ3) is 4.87. The molecule has 0 unspecified atom stereocenters. The number of hydrogen-bond donors (Lipinski definition) is 2. The van der Waals surface area contributed by atoms with Crippen LogP contribution in [0, 0.1) is 5.92 Å². The van der Waals surface area contributed by atoms with Gasteiger partial charge in [-0.1, -0.05) is 40.5 Å². The molecule has 0 aliphatic heterocycles. The van der Waals surface area contributed by atoms with E-state index in [-0.39, 0.29) is 5.41 Å². The Morgan fingerprint density at radius 2 is 1.71 bits per heavy atom. The lowest BCUT2D eigenvalue weighted by Gasteiger charge is -2.20. The quantitative estimate of drug-likeness (QED) is 0.824. The van der Waals surface area contributed by atoms with Crippen molar-refractivity contribution >= 4 is 11.6 Å². The molecule has 4 heteroatoms. The first-order valence-corrected chi connectivity index (χ1v) is 8.36. The molecule has 0 radical (unpaired) electrons. The van der Waals surface area contributed by atoms with Gasteiger partial charge in [0.25, 0.3) is 0 Å². The number of hydrogen-bond acceptors (Lipinski definition) is 4. The summed E-state index contributed by atoms with van der Waals surface area (Å²) in [6.45, 7) is 10.6. The minimum atomic E-state index is -0.0340. The van der Waals surface area contributed by atoms with Crippen LogP contribution >= 0.6 is 0 Å². The molecule has 2 rings (SSSR count). The number of anilines is 2. The molecule has 0 atom stereocenters. The Morgan fingerprint density at radius 1 is 1.10 bits per heavy atom. The van der Waals surface area contributed by atoms with Crippen LogP contribution in [0.5, 0.6) is 0 Å². The summed E-state index contributed by atoms with van der Waals surface area (Å²) in [6, 6.07) is 2.04. The van der Waals surface area contributed by atoms with Gasteiger partial charge in [0.2, 0.25) is 0 Å². The Bertz CT molecular complexity index is 445. The molecule has 1 aliphatic rings. The molecule has 0 aromatic carbocycles. The molecule has 1 fully saturated rings. The van der Waals surface area contributed by atoms with E-state index in [9.17, 15) is 0 Å². The molecule has 118 valence electrons. The Morgan fingerprint density at radius 3 is 2.29 bits per heavy atom. The van der Waals surface area contributed by atoms with Gasteiger partial charge in [-0.15, -0.1) is 0 Å². The van der Waals surface area contributed by atoms with Crippen molar-refractivity contribution in [2.75, 3.05) is 23.7 Å². The summed E-state index contributed by atoms with van der Waals surface area (Å²) < 4.78 is 0. The second kappa shape index (κ2) is 7.10. The van der Waals surface area contributed by atoms with Crippen molar-refractivity contribution < 1.29 is 0 Å². The molecular formula is C17H30N4. The second-order valence-electron chi connectivity index (χ2n) is 7.17. The average molecular weight is 290 g/mol. The summed E-state index contributed by atoms with van der Waals surface area (Å²) in [7, 11) is 0. The molecule has 1 aromatic heterocycles. The maximum absolute atomic E-state index is 4.71. The van der Waals surface area contributed by atoms with Crippen LogP contribution < -0.4 is 10.6 Å². The minimum absolute atomic E-state index is 0.0340. The van der Waals surface area contributed by atoms with E-state index >= 15 is 0 Å². The zero-order valence-electron chi connectivity index (χ0n) is 14.0. The lowest BCUT2D eigenvalue weighted by atomic mass is 9.96. The Balaban J connectivity index is 2.09. The minimum Gasteiger partial charge on any atom is -0.370 e. The molecule has 1 heterocycles. The lowest BCUT2D eigenvalue weighted by Crippen LogP contribution is -2.20. The van der Waals surface area contributed by atoms with Crippen LogP contribution in [0.1, 0.15) is 65.6 Å². The molecule has 0 bridgehead atoms. The maximum atomic E-state index is 4.71. The van der Waals surface area contributed by atoms with Crippen molar-refractivity contribution in [2.45, 2.75) is 65.2 Å². The number of aromatic nitrogens is 2. The summed E-state index contributed by atoms with van der Waals surface area (Å²) in [6.07, 6.45) is 6.56. The second-order valence-corrected chi connectivity index (χ2v) is 7.17. The van der Waals surface area contributed by atoms with Crippen LogP contribution in [-0.4, -0.2) is 23.1 Å². The predicted molar refractivity (Wildman–Crippen MR) is 90.0 cm³/mol. The summed E-state index contributed by atoms with van der Waals surface area (Å²) >= 11 is 0. The first-order chi connectivity index (χ1) is 9.99. The zero-order chi connectivity index (χ0) is 15.3. The third-order valence-corrected chi connectivity index (χ3v) is 4.00. The van der Waals surface area contributed by atoms with Crippen molar-refractivity contribution in [1.82, 2.24) is 9.97 Å². The van der Waals surface area contributed by atoms with E-state index < -0.39 is 0 Å². The van der Waals surface area contributed by atoms with Crippen molar-refractivity contribution in [3.05, 3.63) is 11.9 Å². The standard InChI is InChI=1S/C17H30N4/c1-5-10-18-14-11-15(19-12-13-8-6-7-9-13)21-16(20-14)17(2,3)4/h11,13H,5-10,12H2,1-4H3,(H2,18,19,20,21). The van der Waals surface area contributed by atoms with Gasteiger partial charge in [0.15, 0.2) is 0 Å². The fourth-order valence-electron chi connectivity index (χ4n) is 2.68. The van der Waals surface area contributed by atoms with Crippen LogP contribution in [0.2, 0.25) is 0 Å². The SMILES string of the molecule is CCCNc1cc(NCC2CCCC2)nc(C(C)(C)C)n1. The molecule has 1 aliphatic carbocycles. The van der Waals surface area contributed by atoms with Crippen molar-refractivity contribution in [3.8, 4) is 0 Å².